The summed E-state index contributed by atoms with van der Waals surface area (Å²) < 4.78 is 1.02. The molecular weight excluding hydrogens is 174 g/mol. The van der Waals surface area contributed by atoms with Crippen LogP contribution in [-0.4, -0.2) is 56.9 Å². The summed E-state index contributed by atoms with van der Waals surface area (Å²) in [5.41, 5.74) is 0. The summed E-state index contributed by atoms with van der Waals surface area (Å²) in [6, 6.07) is 0.569. The number of rotatable bonds is 7. The summed E-state index contributed by atoms with van der Waals surface area (Å²) in [7, 11) is 8.67. The first-order chi connectivity index (χ1) is 6.46. The molecule has 0 aliphatic heterocycles. The van der Waals surface area contributed by atoms with Gasteiger partial charge in [-0.3, -0.25) is 0 Å². The van der Waals surface area contributed by atoms with E-state index in [1.807, 2.05) is 7.05 Å². The van der Waals surface area contributed by atoms with Crippen LogP contribution >= 0.6 is 0 Å². The predicted molar refractivity (Wildman–Crippen MR) is 63.0 cm³/mol. The topological polar surface area (TPSA) is 15.3 Å². The van der Waals surface area contributed by atoms with Gasteiger partial charge in [-0.05, 0) is 20.4 Å². The Morgan fingerprint density at radius 2 is 1.93 bits per heavy atom. The molecule has 0 spiro atoms. The molecule has 0 aliphatic carbocycles. The van der Waals surface area contributed by atoms with Crippen molar-refractivity contribution in [2.24, 2.45) is 0 Å². The van der Waals surface area contributed by atoms with Gasteiger partial charge in [0.1, 0.15) is 6.54 Å². The molecule has 0 heterocycles. The van der Waals surface area contributed by atoms with Crippen LogP contribution in [0.15, 0.2) is 0 Å². The molecule has 0 bridgehead atoms. The van der Waals surface area contributed by atoms with Crippen molar-refractivity contribution in [3.8, 4) is 0 Å². The second-order valence-corrected chi connectivity index (χ2v) is 4.64. The van der Waals surface area contributed by atoms with Crippen molar-refractivity contribution in [1.29, 1.82) is 0 Å². The van der Waals surface area contributed by atoms with Crippen LogP contribution < -0.4 is 5.32 Å². The van der Waals surface area contributed by atoms with Crippen molar-refractivity contribution in [3.63, 3.8) is 0 Å². The fourth-order valence-electron chi connectivity index (χ4n) is 1.63. The Morgan fingerprint density at radius 1 is 1.36 bits per heavy atom. The Hall–Kier alpha value is -0.120. The highest BCUT2D eigenvalue weighted by Crippen LogP contribution is 2.09. The van der Waals surface area contributed by atoms with Crippen LogP contribution in [0.1, 0.15) is 26.7 Å². The van der Waals surface area contributed by atoms with E-state index in [1.165, 1.54) is 19.4 Å². The molecule has 3 nitrogen and oxygen atoms in total. The Morgan fingerprint density at radius 3 is 2.29 bits per heavy atom. The van der Waals surface area contributed by atoms with Crippen LogP contribution in [0.25, 0.3) is 0 Å². The number of nitrogens with one attached hydrogen (secondary N) is 1. The van der Waals surface area contributed by atoms with Gasteiger partial charge in [0.05, 0.1) is 19.6 Å². The van der Waals surface area contributed by atoms with E-state index in [0.29, 0.717) is 6.04 Å². The SMILES string of the molecule is CCCC[N+](C)(C[C@@H](C)NC)N(C)C. The average molecular weight is 202 g/mol. The molecule has 1 N–H and O–H groups in total. The maximum absolute atomic E-state index is 3.31. The molecule has 0 aliphatic rings. The van der Waals surface area contributed by atoms with E-state index < -0.39 is 0 Å². The number of hydrogen-bond acceptors (Lipinski definition) is 2. The quantitative estimate of drug-likeness (QED) is 0.495. The fourth-order valence-corrected chi connectivity index (χ4v) is 1.63. The normalized spacial score (nSPS) is 18.2. The first-order valence-corrected chi connectivity index (χ1v) is 5.66. The number of nitrogens with zero attached hydrogens (tertiary/aromatic N) is 2. The minimum atomic E-state index is 0.569. The molecule has 3 heteroatoms. The summed E-state index contributed by atoms with van der Waals surface area (Å²) in [5.74, 6) is 0. The van der Waals surface area contributed by atoms with Crippen LogP contribution in [0.5, 0.6) is 0 Å². The molecule has 0 saturated carbocycles. The highest BCUT2D eigenvalue weighted by molar-refractivity contribution is 4.54. The van der Waals surface area contributed by atoms with Gasteiger partial charge in [0.2, 0.25) is 0 Å². The maximum Gasteiger partial charge on any atom is 0.111 e. The third kappa shape index (κ3) is 4.40. The fraction of sp³-hybridized carbons (Fsp3) is 1.00. The summed E-state index contributed by atoms with van der Waals surface area (Å²) in [4.78, 5) is 0. The van der Waals surface area contributed by atoms with Crippen LogP contribution in [0.4, 0.5) is 0 Å². The van der Waals surface area contributed by atoms with Crippen LogP contribution in [0.2, 0.25) is 0 Å². The number of quaternary nitrogens is 1. The molecule has 0 amide bonds. The zero-order valence-electron chi connectivity index (χ0n) is 10.8. The van der Waals surface area contributed by atoms with Crippen molar-refractivity contribution >= 4 is 0 Å². The number of unbranched alkanes of at least 4 members (excludes halogenated alkanes) is 1. The van der Waals surface area contributed by atoms with Crippen molar-refractivity contribution in [2.45, 2.75) is 32.7 Å². The summed E-state index contributed by atoms with van der Waals surface area (Å²) in [5, 5.41) is 5.62. The number of hydrogen-bond donors (Lipinski definition) is 1. The van der Waals surface area contributed by atoms with E-state index in [-0.39, 0.29) is 0 Å². The van der Waals surface area contributed by atoms with E-state index >= 15 is 0 Å². The van der Waals surface area contributed by atoms with Gasteiger partial charge in [-0.1, -0.05) is 13.3 Å². The smallest absolute Gasteiger partial charge is 0.111 e. The van der Waals surface area contributed by atoms with Gasteiger partial charge in [0.15, 0.2) is 0 Å². The molecule has 2 atom stereocenters. The molecule has 0 fully saturated rings. The summed E-state index contributed by atoms with van der Waals surface area (Å²) in [6.07, 6.45) is 2.57. The third-order valence-electron chi connectivity index (χ3n) is 3.12. The molecule has 0 rings (SSSR count). The lowest BCUT2D eigenvalue weighted by Crippen LogP contribution is -2.58. The predicted octanol–water partition coefficient (Wildman–Crippen LogP) is 1.32. The average Bonchev–Trinajstić information content (AvgIpc) is 2.14. The molecule has 14 heavy (non-hydrogen) atoms. The molecule has 1 unspecified atom stereocenters. The number of likely N-dealkylation sites (N-methyl/N-ethyl adjacent to an activating group) is 2. The van der Waals surface area contributed by atoms with E-state index in [1.54, 1.807) is 0 Å². The van der Waals surface area contributed by atoms with Gasteiger partial charge in [-0.15, -0.1) is 0 Å². The van der Waals surface area contributed by atoms with E-state index in [0.717, 1.165) is 11.1 Å². The van der Waals surface area contributed by atoms with E-state index in [4.69, 9.17) is 0 Å². The molecule has 0 aromatic carbocycles. The van der Waals surface area contributed by atoms with Gasteiger partial charge in [0.25, 0.3) is 0 Å². The lowest BCUT2D eigenvalue weighted by Gasteiger charge is -2.40. The molecular formula is C11H28N3+. The Bertz CT molecular complexity index is 147. The van der Waals surface area contributed by atoms with Crippen molar-refractivity contribution in [3.05, 3.63) is 0 Å². The maximum atomic E-state index is 3.31. The van der Waals surface area contributed by atoms with Crippen LogP contribution in [-0.2, 0) is 0 Å². The first kappa shape index (κ1) is 13.9. The molecule has 0 saturated heterocycles. The molecule has 0 aromatic heterocycles. The Kier molecular flexibility index (Phi) is 6.33. The zero-order chi connectivity index (χ0) is 11.2. The van der Waals surface area contributed by atoms with E-state index in [2.05, 4.69) is 45.3 Å². The first-order valence-electron chi connectivity index (χ1n) is 5.66. The molecule has 0 radical (unpaired) electrons. The lowest BCUT2D eigenvalue weighted by atomic mass is 10.2. The highest BCUT2D eigenvalue weighted by atomic mass is 15.7. The van der Waals surface area contributed by atoms with E-state index in [9.17, 15) is 0 Å². The molecule has 0 aromatic rings. The standard InChI is InChI=1S/C11H28N3/c1-7-8-9-14(6,13(4)5)10-11(2)12-3/h11-12H,7-10H2,1-6H3/q+1/t11-,14?/m1/s1. The van der Waals surface area contributed by atoms with Gasteiger partial charge in [-0.2, -0.15) is 5.01 Å². The largest absolute Gasteiger partial charge is 0.312 e. The van der Waals surface area contributed by atoms with Gasteiger partial charge >= 0.3 is 0 Å². The zero-order valence-corrected chi connectivity index (χ0v) is 10.8. The Balaban J connectivity index is 4.23. The summed E-state index contributed by atoms with van der Waals surface area (Å²) in [6.45, 7) is 6.88. The summed E-state index contributed by atoms with van der Waals surface area (Å²) >= 11 is 0. The van der Waals surface area contributed by atoms with Crippen LogP contribution in [0.3, 0.4) is 0 Å². The van der Waals surface area contributed by atoms with Crippen molar-refractivity contribution in [2.75, 3.05) is 41.3 Å². The van der Waals surface area contributed by atoms with Crippen LogP contribution in [0, 0.1) is 0 Å². The lowest BCUT2D eigenvalue weighted by molar-refractivity contribution is -1.01. The minimum absolute atomic E-state index is 0.569. The van der Waals surface area contributed by atoms with Crippen molar-refractivity contribution < 1.29 is 4.59 Å². The minimum Gasteiger partial charge on any atom is -0.312 e. The Labute approximate surface area is 89.6 Å². The van der Waals surface area contributed by atoms with Gasteiger partial charge < -0.3 is 5.32 Å². The highest BCUT2D eigenvalue weighted by Gasteiger charge is 2.26. The third-order valence-corrected chi connectivity index (χ3v) is 3.12. The van der Waals surface area contributed by atoms with Gasteiger partial charge in [0, 0.05) is 14.1 Å². The van der Waals surface area contributed by atoms with Gasteiger partial charge in [-0.25, -0.2) is 4.59 Å². The second kappa shape index (κ2) is 6.38. The second-order valence-electron chi connectivity index (χ2n) is 4.64. The molecule has 86 valence electrons. The monoisotopic (exact) mass is 202 g/mol. The van der Waals surface area contributed by atoms with Crippen molar-refractivity contribution in [1.82, 2.24) is 10.3 Å².